The van der Waals surface area contributed by atoms with Crippen LogP contribution in [0.25, 0.3) is 0 Å². The number of nitriles is 1. The van der Waals surface area contributed by atoms with Gasteiger partial charge in [-0.2, -0.15) is 5.26 Å². The van der Waals surface area contributed by atoms with Gasteiger partial charge in [-0.3, -0.25) is 4.79 Å². The van der Waals surface area contributed by atoms with Crippen molar-refractivity contribution in [3.8, 4) is 6.07 Å². The molecule has 1 heterocycles. The first kappa shape index (κ1) is 15.1. The van der Waals surface area contributed by atoms with Gasteiger partial charge in [0.05, 0.1) is 28.6 Å². The zero-order chi connectivity index (χ0) is 14.5. The minimum absolute atomic E-state index is 0.0388. The Labute approximate surface area is 127 Å². The normalized spacial score (nSPS) is 19.4. The third kappa shape index (κ3) is 3.86. The summed E-state index contributed by atoms with van der Waals surface area (Å²) in [5.74, 6) is -0.200. The molecule has 0 saturated carbocycles. The van der Waals surface area contributed by atoms with Gasteiger partial charge in [-0.15, -0.1) is 0 Å². The summed E-state index contributed by atoms with van der Waals surface area (Å²) in [6.45, 7) is 0.701. The van der Waals surface area contributed by atoms with Crippen molar-refractivity contribution < 1.29 is 9.53 Å². The highest BCUT2D eigenvalue weighted by molar-refractivity contribution is 6.42. The van der Waals surface area contributed by atoms with E-state index in [-0.39, 0.29) is 18.4 Å². The van der Waals surface area contributed by atoms with Crippen LogP contribution in [0.2, 0.25) is 10.0 Å². The van der Waals surface area contributed by atoms with E-state index in [1.54, 1.807) is 18.2 Å². The molecule has 0 bridgehead atoms. The van der Waals surface area contributed by atoms with Crippen molar-refractivity contribution in [1.82, 2.24) is 5.32 Å². The van der Waals surface area contributed by atoms with Crippen LogP contribution in [0.15, 0.2) is 18.2 Å². The van der Waals surface area contributed by atoms with Crippen molar-refractivity contribution in [2.24, 2.45) is 0 Å². The summed E-state index contributed by atoms with van der Waals surface area (Å²) in [6.07, 6.45) is 2.10. The van der Waals surface area contributed by atoms with E-state index in [0.717, 1.165) is 12.8 Å². The van der Waals surface area contributed by atoms with E-state index in [1.807, 2.05) is 6.07 Å². The number of carbonyl (C=O) groups is 1. The molecule has 1 aliphatic rings. The van der Waals surface area contributed by atoms with Gasteiger partial charge in [0.15, 0.2) is 0 Å². The number of hydrogen-bond acceptors (Lipinski definition) is 3. The van der Waals surface area contributed by atoms with Gasteiger partial charge in [0.1, 0.15) is 6.04 Å². The average molecular weight is 313 g/mol. The third-order valence-corrected chi connectivity index (χ3v) is 3.89. The molecule has 1 saturated heterocycles. The highest BCUT2D eigenvalue weighted by Crippen LogP contribution is 2.25. The SMILES string of the molecule is N#C[C@H](NC(=O)C[C@H]1CCCO1)c1ccc(Cl)c(Cl)c1. The maximum atomic E-state index is 11.9. The van der Waals surface area contributed by atoms with Crippen LogP contribution in [0.1, 0.15) is 30.9 Å². The third-order valence-electron chi connectivity index (χ3n) is 3.15. The molecule has 1 N–H and O–H groups in total. The minimum Gasteiger partial charge on any atom is -0.378 e. The zero-order valence-electron chi connectivity index (χ0n) is 10.7. The standard InChI is InChI=1S/C14H14Cl2N2O2/c15-11-4-3-9(6-12(11)16)13(8-17)18-14(19)7-10-2-1-5-20-10/h3-4,6,10,13H,1-2,5,7H2,(H,18,19)/t10-,13+/m1/s1. The Bertz CT molecular complexity index is 536. The van der Waals surface area contributed by atoms with Crippen LogP contribution in [-0.2, 0) is 9.53 Å². The van der Waals surface area contributed by atoms with Crippen molar-refractivity contribution in [1.29, 1.82) is 5.26 Å². The molecule has 2 rings (SSSR count). The maximum absolute atomic E-state index is 11.9. The zero-order valence-corrected chi connectivity index (χ0v) is 12.2. The Kier molecular flexibility index (Phi) is 5.24. The van der Waals surface area contributed by atoms with E-state index in [1.165, 1.54) is 0 Å². The summed E-state index contributed by atoms with van der Waals surface area (Å²) in [4.78, 5) is 11.9. The minimum atomic E-state index is -0.737. The number of rotatable bonds is 4. The van der Waals surface area contributed by atoms with Crippen LogP contribution in [-0.4, -0.2) is 18.6 Å². The number of nitrogens with one attached hydrogen (secondary N) is 1. The number of halogens is 2. The fourth-order valence-electron chi connectivity index (χ4n) is 2.11. The van der Waals surface area contributed by atoms with Crippen LogP contribution >= 0.6 is 23.2 Å². The molecule has 106 valence electrons. The number of carbonyl (C=O) groups excluding carboxylic acids is 1. The lowest BCUT2D eigenvalue weighted by Crippen LogP contribution is -2.30. The Morgan fingerprint density at radius 3 is 2.90 bits per heavy atom. The number of nitrogens with zero attached hydrogens (tertiary/aromatic N) is 1. The fraction of sp³-hybridized carbons (Fsp3) is 0.429. The van der Waals surface area contributed by atoms with Crippen LogP contribution in [0.3, 0.4) is 0 Å². The van der Waals surface area contributed by atoms with E-state index in [2.05, 4.69) is 5.32 Å². The average Bonchev–Trinajstić information content (AvgIpc) is 2.92. The highest BCUT2D eigenvalue weighted by Gasteiger charge is 2.21. The summed E-state index contributed by atoms with van der Waals surface area (Å²) < 4.78 is 5.40. The van der Waals surface area contributed by atoms with E-state index in [0.29, 0.717) is 22.2 Å². The van der Waals surface area contributed by atoms with Crippen LogP contribution in [0, 0.1) is 11.3 Å². The van der Waals surface area contributed by atoms with Crippen LogP contribution in [0.4, 0.5) is 0 Å². The molecule has 0 aliphatic carbocycles. The molecule has 0 aromatic heterocycles. The smallest absolute Gasteiger partial charge is 0.223 e. The second kappa shape index (κ2) is 6.94. The van der Waals surface area contributed by atoms with Crippen molar-refractivity contribution in [3.05, 3.63) is 33.8 Å². The fourth-order valence-corrected chi connectivity index (χ4v) is 2.42. The summed E-state index contributed by atoms with van der Waals surface area (Å²) in [6, 6.07) is 6.18. The van der Waals surface area contributed by atoms with E-state index >= 15 is 0 Å². The molecule has 4 nitrogen and oxygen atoms in total. The second-order valence-electron chi connectivity index (χ2n) is 4.64. The number of ether oxygens (including phenoxy) is 1. The van der Waals surface area contributed by atoms with E-state index < -0.39 is 6.04 Å². The lowest BCUT2D eigenvalue weighted by molar-refractivity contribution is -0.123. The van der Waals surface area contributed by atoms with Gasteiger partial charge in [0.25, 0.3) is 0 Å². The molecule has 0 radical (unpaired) electrons. The highest BCUT2D eigenvalue weighted by atomic mass is 35.5. The first-order valence-electron chi connectivity index (χ1n) is 6.35. The summed E-state index contributed by atoms with van der Waals surface area (Å²) >= 11 is 11.7. The van der Waals surface area contributed by atoms with Gasteiger partial charge in [0.2, 0.25) is 5.91 Å². The van der Waals surface area contributed by atoms with Gasteiger partial charge in [-0.05, 0) is 30.5 Å². The predicted molar refractivity (Wildman–Crippen MR) is 76.5 cm³/mol. The molecule has 0 spiro atoms. The maximum Gasteiger partial charge on any atom is 0.223 e. The van der Waals surface area contributed by atoms with Gasteiger partial charge < -0.3 is 10.1 Å². The van der Waals surface area contributed by atoms with Gasteiger partial charge >= 0.3 is 0 Å². The predicted octanol–water partition coefficient (Wildman–Crippen LogP) is 3.24. The Morgan fingerprint density at radius 1 is 1.50 bits per heavy atom. The Morgan fingerprint density at radius 2 is 2.30 bits per heavy atom. The molecule has 0 unspecified atom stereocenters. The topological polar surface area (TPSA) is 62.1 Å². The van der Waals surface area contributed by atoms with Gasteiger partial charge in [0, 0.05) is 6.61 Å². The molecule has 20 heavy (non-hydrogen) atoms. The van der Waals surface area contributed by atoms with E-state index in [9.17, 15) is 10.1 Å². The first-order chi connectivity index (χ1) is 9.60. The van der Waals surface area contributed by atoms with Crippen molar-refractivity contribution in [2.75, 3.05) is 6.61 Å². The molecule has 2 atom stereocenters. The Hall–Kier alpha value is -1.28. The first-order valence-corrected chi connectivity index (χ1v) is 7.11. The molecule has 1 fully saturated rings. The Balaban J connectivity index is 1.99. The molecule has 1 aromatic carbocycles. The molecule has 6 heteroatoms. The second-order valence-corrected chi connectivity index (χ2v) is 5.46. The van der Waals surface area contributed by atoms with Crippen molar-refractivity contribution in [2.45, 2.75) is 31.4 Å². The summed E-state index contributed by atoms with van der Waals surface area (Å²) in [7, 11) is 0. The number of benzene rings is 1. The van der Waals surface area contributed by atoms with Crippen molar-refractivity contribution >= 4 is 29.1 Å². The molecular weight excluding hydrogens is 299 g/mol. The van der Waals surface area contributed by atoms with E-state index in [4.69, 9.17) is 27.9 Å². The lowest BCUT2D eigenvalue weighted by Gasteiger charge is -2.14. The molecule has 1 amide bonds. The number of hydrogen-bond donors (Lipinski definition) is 1. The van der Waals surface area contributed by atoms with Gasteiger partial charge in [-0.1, -0.05) is 29.3 Å². The summed E-state index contributed by atoms with van der Waals surface area (Å²) in [5, 5.41) is 12.6. The quantitative estimate of drug-likeness (QED) is 0.928. The lowest BCUT2D eigenvalue weighted by atomic mass is 10.1. The molecule has 1 aliphatic heterocycles. The number of amides is 1. The van der Waals surface area contributed by atoms with Crippen LogP contribution < -0.4 is 5.32 Å². The molecule has 1 aromatic rings. The van der Waals surface area contributed by atoms with Crippen molar-refractivity contribution in [3.63, 3.8) is 0 Å². The van der Waals surface area contributed by atoms with Crippen LogP contribution in [0.5, 0.6) is 0 Å². The largest absolute Gasteiger partial charge is 0.378 e. The van der Waals surface area contributed by atoms with Gasteiger partial charge in [-0.25, -0.2) is 0 Å². The summed E-state index contributed by atoms with van der Waals surface area (Å²) in [5.41, 5.74) is 0.614. The monoisotopic (exact) mass is 312 g/mol. The molecular formula is C14H14Cl2N2O2.